The van der Waals surface area contributed by atoms with E-state index in [4.69, 9.17) is 5.73 Å². The number of aliphatic hydroxyl groups is 1. The summed E-state index contributed by atoms with van der Waals surface area (Å²) in [6, 6.07) is 0. The van der Waals surface area contributed by atoms with Gasteiger partial charge >= 0.3 is 0 Å². The van der Waals surface area contributed by atoms with E-state index in [1.807, 2.05) is 11.8 Å². The quantitative estimate of drug-likeness (QED) is 0.580. The summed E-state index contributed by atoms with van der Waals surface area (Å²) in [5, 5.41) is 9.22. The number of rotatable bonds is 2. The van der Waals surface area contributed by atoms with E-state index in [1.54, 1.807) is 0 Å². The molecule has 1 fully saturated rings. The summed E-state index contributed by atoms with van der Waals surface area (Å²) in [5.74, 6) is 2.76. The summed E-state index contributed by atoms with van der Waals surface area (Å²) in [5.41, 5.74) is 5.29. The lowest BCUT2D eigenvalue weighted by Gasteiger charge is -2.13. The van der Waals surface area contributed by atoms with Crippen LogP contribution in [0.2, 0.25) is 0 Å². The summed E-state index contributed by atoms with van der Waals surface area (Å²) in [6.07, 6.45) is 0.892. The Labute approximate surface area is 59.8 Å². The van der Waals surface area contributed by atoms with E-state index in [9.17, 15) is 5.11 Å². The van der Waals surface area contributed by atoms with Crippen molar-refractivity contribution in [2.75, 3.05) is 18.1 Å². The van der Waals surface area contributed by atoms with E-state index >= 15 is 0 Å². The Hall–Kier alpha value is 0.270. The topological polar surface area (TPSA) is 46.2 Å². The van der Waals surface area contributed by atoms with E-state index in [0.29, 0.717) is 12.5 Å². The molecule has 54 valence electrons. The molecule has 1 unspecified atom stereocenters. The number of nitrogens with two attached hydrogens (primary N) is 1. The highest BCUT2D eigenvalue weighted by Crippen LogP contribution is 2.25. The van der Waals surface area contributed by atoms with Gasteiger partial charge in [-0.2, -0.15) is 11.8 Å². The second-order valence-electron chi connectivity index (χ2n) is 2.43. The highest BCUT2D eigenvalue weighted by Gasteiger charge is 2.21. The molecule has 1 saturated heterocycles. The molecule has 0 aromatic carbocycles. The Kier molecular flexibility index (Phi) is 2.82. The van der Waals surface area contributed by atoms with Gasteiger partial charge in [0.05, 0.1) is 6.10 Å². The fraction of sp³-hybridized carbons (Fsp3) is 1.00. The molecule has 1 aliphatic rings. The third kappa shape index (κ3) is 1.85. The molecule has 1 rings (SSSR count). The van der Waals surface area contributed by atoms with Crippen LogP contribution in [0.25, 0.3) is 0 Å². The van der Waals surface area contributed by atoms with Crippen molar-refractivity contribution in [2.45, 2.75) is 12.5 Å². The average Bonchev–Trinajstić information content (AvgIpc) is 2.37. The second-order valence-corrected chi connectivity index (χ2v) is 3.58. The first kappa shape index (κ1) is 7.38. The zero-order valence-electron chi connectivity index (χ0n) is 5.42. The van der Waals surface area contributed by atoms with Crippen molar-refractivity contribution in [3.05, 3.63) is 0 Å². The Morgan fingerprint density at radius 2 is 2.56 bits per heavy atom. The fourth-order valence-electron chi connectivity index (χ4n) is 1.05. The Morgan fingerprint density at radius 3 is 3.00 bits per heavy atom. The third-order valence-electron chi connectivity index (χ3n) is 1.75. The van der Waals surface area contributed by atoms with E-state index in [-0.39, 0.29) is 6.10 Å². The molecule has 0 saturated carbocycles. The van der Waals surface area contributed by atoms with Crippen molar-refractivity contribution in [2.24, 2.45) is 11.7 Å². The van der Waals surface area contributed by atoms with Crippen LogP contribution in [0.15, 0.2) is 0 Å². The van der Waals surface area contributed by atoms with Gasteiger partial charge in [0.25, 0.3) is 0 Å². The first-order valence-corrected chi connectivity index (χ1v) is 4.46. The lowest BCUT2D eigenvalue weighted by molar-refractivity contribution is 0.128. The lowest BCUT2D eigenvalue weighted by atomic mass is 10.0. The van der Waals surface area contributed by atoms with E-state index < -0.39 is 0 Å². The standard InChI is InChI=1S/C6H13NOS/c7-3-6(8)5-1-2-9-4-5/h5-6,8H,1-4,7H2/t5?,6-/m0/s1. The molecular formula is C6H13NOS. The van der Waals surface area contributed by atoms with Gasteiger partial charge in [0.1, 0.15) is 0 Å². The molecule has 0 bridgehead atoms. The Bertz CT molecular complexity index is 83.1. The molecule has 1 heterocycles. The maximum Gasteiger partial charge on any atom is 0.0698 e. The summed E-state index contributed by atoms with van der Waals surface area (Å²) in [7, 11) is 0. The van der Waals surface area contributed by atoms with Crippen molar-refractivity contribution < 1.29 is 5.11 Å². The minimum absolute atomic E-state index is 0.250. The number of hydrogen-bond acceptors (Lipinski definition) is 3. The molecule has 0 aromatic heterocycles. The lowest BCUT2D eigenvalue weighted by Crippen LogP contribution is -2.28. The van der Waals surface area contributed by atoms with Gasteiger partial charge in [-0.05, 0) is 23.8 Å². The van der Waals surface area contributed by atoms with Gasteiger partial charge in [-0.15, -0.1) is 0 Å². The molecule has 2 nitrogen and oxygen atoms in total. The van der Waals surface area contributed by atoms with Gasteiger partial charge in [0, 0.05) is 6.54 Å². The summed E-state index contributed by atoms with van der Waals surface area (Å²) >= 11 is 1.91. The highest BCUT2D eigenvalue weighted by atomic mass is 32.2. The first-order valence-electron chi connectivity index (χ1n) is 3.30. The Balaban J connectivity index is 2.24. The van der Waals surface area contributed by atoms with Crippen molar-refractivity contribution in [1.29, 1.82) is 0 Å². The van der Waals surface area contributed by atoms with E-state index in [1.165, 1.54) is 5.75 Å². The van der Waals surface area contributed by atoms with Crippen LogP contribution in [0.5, 0.6) is 0 Å². The molecule has 0 aromatic rings. The van der Waals surface area contributed by atoms with Gasteiger partial charge < -0.3 is 10.8 Å². The predicted octanol–water partition coefficient (Wildman–Crippen LogP) is 0.0591. The predicted molar refractivity (Wildman–Crippen MR) is 40.5 cm³/mol. The molecule has 0 spiro atoms. The van der Waals surface area contributed by atoms with Crippen molar-refractivity contribution in [1.82, 2.24) is 0 Å². The van der Waals surface area contributed by atoms with Crippen LogP contribution < -0.4 is 5.73 Å². The fourth-order valence-corrected chi connectivity index (χ4v) is 2.38. The molecule has 0 aliphatic carbocycles. The zero-order chi connectivity index (χ0) is 6.69. The monoisotopic (exact) mass is 147 g/mol. The molecule has 3 N–H and O–H groups in total. The average molecular weight is 147 g/mol. The normalized spacial score (nSPS) is 30.7. The molecule has 0 radical (unpaired) electrons. The smallest absolute Gasteiger partial charge is 0.0698 e. The molecule has 2 atom stereocenters. The van der Waals surface area contributed by atoms with Gasteiger partial charge in [-0.25, -0.2) is 0 Å². The van der Waals surface area contributed by atoms with Crippen molar-refractivity contribution >= 4 is 11.8 Å². The first-order chi connectivity index (χ1) is 4.34. The molecule has 9 heavy (non-hydrogen) atoms. The number of aliphatic hydroxyl groups excluding tert-OH is 1. The largest absolute Gasteiger partial charge is 0.391 e. The summed E-state index contributed by atoms with van der Waals surface area (Å²) < 4.78 is 0. The van der Waals surface area contributed by atoms with Crippen LogP contribution in [-0.2, 0) is 0 Å². The van der Waals surface area contributed by atoms with E-state index in [0.717, 1.165) is 12.2 Å². The SMILES string of the molecule is NC[C@H](O)C1CCSC1. The summed E-state index contributed by atoms with van der Waals surface area (Å²) in [4.78, 5) is 0. The molecule has 1 aliphatic heterocycles. The number of thioether (sulfide) groups is 1. The maximum absolute atomic E-state index is 9.22. The van der Waals surface area contributed by atoms with Crippen LogP contribution in [0, 0.1) is 5.92 Å². The molecule has 3 heteroatoms. The van der Waals surface area contributed by atoms with E-state index in [2.05, 4.69) is 0 Å². The maximum atomic E-state index is 9.22. The second kappa shape index (κ2) is 3.44. The molecule has 0 amide bonds. The van der Waals surface area contributed by atoms with Crippen LogP contribution >= 0.6 is 11.8 Å². The zero-order valence-corrected chi connectivity index (χ0v) is 6.23. The third-order valence-corrected chi connectivity index (χ3v) is 2.94. The highest BCUT2D eigenvalue weighted by molar-refractivity contribution is 7.99. The minimum Gasteiger partial charge on any atom is -0.391 e. The van der Waals surface area contributed by atoms with Gasteiger partial charge in [0.15, 0.2) is 0 Å². The Morgan fingerprint density at radius 1 is 1.78 bits per heavy atom. The summed E-state index contributed by atoms with van der Waals surface area (Å²) in [6.45, 7) is 0.422. The van der Waals surface area contributed by atoms with Gasteiger partial charge in [0.2, 0.25) is 0 Å². The van der Waals surface area contributed by atoms with Crippen LogP contribution in [0.4, 0.5) is 0 Å². The molecular weight excluding hydrogens is 134 g/mol. The van der Waals surface area contributed by atoms with Crippen LogP contribution in [-0.4, -0.2) is 29.3 Å². The van der Waals surface area contributed by atoms with Crippen molar-refractivity contribution in [3.63, 3.8) is 0 Å². The van der Waals surface area contributed by atoms with Gasteiger partial charge in [-0.1, -0.05) is 0 Å². The minimum atomic E-state index is -0.250. The van der Waals surface area contributed by atoms with Crippen LogP contribution in [0.3, 0.4) is 0 Å². The number of hydrogen-bond donors (Lipinski definition) is 2. The van der Waals surface area contributed by atoms with Crippen molar-refractivity contribution in [3.8, 4) is 0 Å². The van der Waals surface area contributed by atoms with Gasteiger partial charge in [-0.3, -0.25) is 0 Å². The van der Waals surface area contributed by atoms with Crippen LogP contribution in [0.1, 0.15) is 6.42 Å².